The van der Waals surface area contributed by atoms with E-state index in [9.17, 15) is 9.59 Å². The molecule has 2 heterocycles. The summed E-state index contributed by atoms with van der Waals surface area (Å²) in [6.45, 7) is 3.76. The second kappa shape index (κ2) is 6.11. The second-order valence-corrected chi connectivity index (χ2v) is 7.53. The highest BCUT2D eigenvalue weighted by Crippen LogP contribution is 2.34. The third-order valence-electron chi connectivity index (χ3n) is 4.58. The van der Waals surface area contributed by atoms with Crippen LogP contribution in [0.1, 0.15) is 44.2 Å². The number of ether oxygens (including phenoxy) is 1. The molecule has 6 heteroatoms. The van der Waals surface area contributed by atoms with Gasteiger partial charge >= 0.3 is 5.97 Å². The minimum Gasteiger partial charge on any atom is -0.454 e. The highest BCUT2D eigenvalue weighted by atomic mass is 32.1. The predicted octanol–water partition coefficient (Wildman–Crippen LogP) is 3.45. The zero-order chi connectivity index (χ0) is 17.6. The number of nitrogens with zero attached hydrogens (tertiary/aromatic N) is 1. The van der Waals surface area contributed by atoms with Crippen LogP contribution in [-0.2, 0) is 24.2 Å². The number of carbonyl (C=O) groups excluding carboxylic acids is 1. The molecule has 0 spiro atoms. The molecule has 2 aromatic heterocycles. The first kappa shape index (κ1) is 16.0. The van der Waals surface area contributed by atoms with E-state index >= 15 is 0 Å². The minimum absolute atomic E-state index is 0.0417. The number of esters is 1. The third-order valence-corrected chi connectivity index (χ3v) is 5.76. The number of aromatic amines is 1. The molecule has 1 N–H and O–H groups in total. The quantitative estimate of drug-likeness (QED) is 0.731. The van der Waals surface area contributed by atoms with Crippen LogP contribution in [0.4, 0.5) is 0 Å². The first-order chi connectivity index (χ1) is 12.0. The maximum atomic E-state index is 12.4. The number of aromatic nitrogens is 2. The number of benzene rings is 1. The fourth-order valence-corrected chi connectivity index (χ4v) is 4.56. The number of nitrogens with one attached hydrogen (secondary N) is 1. The number of thiophene rings is 1. The number of aryl methyl sites for hydroxylation is 4. The maximum Gasteiger partial charge on any atom is 0.338 e. The fraction of sp³-hybridized carbons (Fsp3) is 0.316. The second-order valence-electron chi connectivity index (χ2n) is 6.44. The van der Waals surface area contributed by atoms with Gasteiger partial charge in [-0.05, 0) is 50.3 Å². The highest BCUT2D eigenvalue weighted by Gasteiger charge is 2.21. The van der Waals surface area contributed by atoms with Gasteiger partial charge in [-0.1, -0.05) is 17.7 Å². The Labute approximate surface area is 148 Å². The van der Waals surface area contributed by atoms with E-state index in [1.807, 2.05) is 26.0 Å². The van der Waals surface area contributed by atoms with Crippen molar-refractivity contribution >= 4 is 27.5 Å². The molecule has 1 aliphatic carbocycles. The average molecular weight is 354 g/mol. The molecule has 0 fully saturated rings. The van der Waals surface area contributed by atoms with Gasteiger partial charge in [0.15, 0.2) is 0 Å². The van der Waals surface area contributed by atoms with Gasteiger partial charge < -0.3 is 9.72 Å². The lowest BCUT2D eigenvalue weighted by Gasteiger charge is -2.08. The van der Waals surface area contributed by atoms with Crippen LogP contribution in [0.2, 0.25) is 0 Å². The number of rotatable bonds is 3. The number of hydrogen-bond acceptors (Lipinski definition) is 5. The molecule has 5 nitrogen and oxygen atoms in total. The Kier molecular flexibility index (Phi) is 3.92. The summed E-state index contributed by atoms with van der Waals surface area (Å²) in [6, 6.07) is 5.65. The molecular weight excluding hydrogens is 336 g/mol. The molecule has 0 atom stereocenters. The summed E-state index contributed by atoms with van der Waals surface area (Å²) in [7, 11) is 0. The van der Waals surface area contributed by atoms with Crippen LogP contribution >= 0.6 is 11.3 Å². The lowest BCUT2D eigenvalue weighted by molar-refractivity contribution is 0.0461. The molecule has 1 aromatic carbocycles. The van der Waals surface area contributed by atoms with Gasteiger partial charge in [0.1, 0.15) is 17.3 Å². The topological polar surface area (TPSA) is 72.0 Å². The zero-order valence-electron chi connectivity index (χ0n) is 14.1. The van der Waals surface area contributed by atoms with Crippen molar-refractivity contribution in [2.45, 2.75) is 39.7 Å². The van der Waals surface area contributed by atoms with Gasteiger partial charge in [0, 0.05) is 4.88 Å². The summed E-state index contributed by atoms with van der Waals surface area (Å²) in [4.78, 5) is 34.0. The smallest absolute Gasteiger partial charge is 0.338 e. The molecule has 0 saturated heterocycles. The first-order valence-corrected chi connectivity index (χ1v) is 9.12. The average Bonchev–Trinajstić information content (AvgIpc) is 3.15. The SMILES string of the molecule is Cc1ccc(C)c(C(=O)OCc2nc3sc4c(c3c(=O)[nH]2)CCC4)c1. The molecule has 128 valence electrons. The Morgan fingerprint density at radius 3 is 3.00 bits per heavy atom. The first-order valence-electron chi connectivity index (χ1n) is 8.31. The van der Waals surface area contributed by atoms with Crippen molar-refractivity contribution in [1.29, 1.82) is 0 Å². The van der Waals surface area contributed by atoms with Crippen molar-refractivity contribution in [2.24, 2.45) is 0 Å². The Morgan fingerprint density at radius 2 is 2.16 bits per heavy atom. The summed E-state index contributed by atoms with van der Waals surface area (Å²) in [6.07, 6.45) is 3.07. The fourth-order valence-electron chi connectivity index (χ4n) is 3.28. The van der Waals surface area contributed by atoms with Crippen LogP contribution in [0, 0.1) is 13.8 Å². The van der Waals surface area contributed by atoms with E-state index in [4.69, 9.17) is 4.74 Å². The Balaban J connectivity index is 1.58. The van der Waals surface area contributed by atoms with E-state index in [-0.39, 0.29) is 12.2 Å². The minimum atomic E-state index is -0.405. The van der Waals surface area contributed by atoms with Gasteiger partial charge in [0.05, 0.1) is 10.9 Å². The predicted molar refractivity (Wildman–Crippen MR) is 97.3 cm³/mol. The molecular formula is C19H18N2O3S. The maximum absolute atomic E-state index is 12.4. The monoisotopic (exact) mass is 354 g/mol. The van der Waals surface area contributed by atoms with Crippen LogP contribution in [-0.4, -0.2) is 15.9 Å². The van der Waals surface area contributed by atoms with Crippen LogP contribution in [0.15, 0.2) is 23.0 Å². The lowest BCUT2D eigenvalue weighted by atomic mass is 10.1. The summed E-state index contributed by atoms with van der Waals surface area (Å²) in [5.74, 6) is -0.0197. The van der Waals surface area contributed by atoms with Crippen LogP contribution in [0.5, 0.6) is 0 Å². The highest BCUT2D eigenvalue weighted by molar-refractivity contribution is 7.18. The molecule has 0 radical (unpaired) electrons. The Hall–Kier alpha value is -2.47. The van der Waals surface area contributed by atoms with E-state index in [0.29, 0.717) is 16.8 Å². The van der Waals surface area contributed by atoms with Gasteiger partial charge in [-0.25, -0.2) is 9.78 Å². The van der Waals surface area contributed by atoms with Crippen molar-refractivity contribution < 1.29 is 9.53 Å². The molecule has 3 aromatic rings. The van der Waals surface area contributed by atoms with Crippen molar-refractivity contribution in [3.8, 4) is 0 Å². The Bertz CT molecular complexity index is 1050. The van der Waals surface area contributed by atoms with Crippen molar-refractivity contribution in [1.82, 2.24) is 9.97 Å². The summed E-state index contributed by atoms with van der Waals surface area (Å²) in [5, 5.41) is 0.710. The van der Waals surface area contributed by atoms with E-state index in [0.717, 1.165) is 40.8 Å². The van der Waals surface area contributed by atoms with Gasteiger partial charge in [-0.2, -0.15) is 0 Å². The van der Waals surface area contributed by atoms with Gasteiger partial charge in [0.2, 0.25) is 0 Å². The zero-order valence-corrected chi connectivity index (χ0v) is 15.0. The Morgan fingerprint density at radius 1 is 1.32 bits per heavy atom. The van der Waals surface area contributed by atoms with Crippen molar-refractivity contribution in [2.75, 3.05) is 0 Å². The van der Waals surface area contributed by atoms with E-state index in [1.165, 1.54) is 4.88 Å². The lowest BCUT2D eigenvalue weighted by Crippen LogP contribution is -2.15. The number of fused-ring (bicyclic) bond motifs is 3. The normalized spacial score (nSPS) is 13.2. The van der Waals surface area contributed by atoms with Gasteiger partial charge in [0.25, 0.3) is 5.56 Å². The molecule has 25 heavy (non-hydrogen) atoms. The van der Waals surface area contributed by atoms with Crippen LogP contribution < -0.4 is 5.56 Å². The van der Waals surface area contributed by atoms with E-state index in [2.05, 4.69) is 9.97 Å². The number of H-pyrrole nitrogens is 1. The standard InChI is InChI=1S/C19H18N2O3S/c1-10-6-7-11(2)13(8-10)19(23)24-9-15-20-17(22)16-12-4-3-5-14(12)25-18(16)21-15/h6-8H,3-5,9H2,1-2H3,(H,20,21,22). The van der Waals surface area contributed by atoms with Crippen LogP contribution in [0.3, 0.4) is 0 Å². The summed E-state index contributed by atoms with van der Waals surface area (Å²) >= 11 is 1.58. The molecule has 0 amide bonds. The van der Waals surface area contributed by atoms with Gasteiger partial charge in [-0.3, -0.25) is 4.79 Å². The van der Waals surface area contributed by atoms with E-state index in [1.54, 1.807) is 17.4 Å². The van der Waals surface area contributed by atoms with Crippen LogP contribution in [0.25, 0.3) is 10.2 Å². The number of carbonyl (C=O) groups is 1. The van der Waals surface area contributed by atoms with Gasteiger partial charge in [-0.15, -0.1) is 11.3 Å². The van der Waals surface area contributed by atoms with E-state index < -0.39 is 5.97 Å². The van der Waals surface area contributed by atoms with Crippen molar-refractivity contribution in [3.63, 3.8) is 0 Å². The summed E-state index contributed by atoms with van der Waals surface area (Å²) < 4.78 is 5.36. The molecule has 1 aliphatic rings. The third kappa shape index (κ3) is 2.87. The summed E-state index contributed by atoms with van der Waals surface area (Å²) in [5.41, 5.74) is 3.41. The molecule has 4 rings (SSSR count). The molecule has 0 aliphatic heterocycles. The largest absolute Gasteiger partial charge is 0.454 e. The molecule has 0 bridgehead atoms. The molecule has 0 unspecified atom stereocenters. The molecule has 0 saturated carbocycles. The number of hydrogen-bond donors (Lipinski definition) is 1. The van der Waals surface area contributed by atoms with Crippen molar-refractivity contribution in [3.05, 3.63) is 61.5 Å².